The van der Waals surface area contributed by atoms with Gasteiger partial charge in [-0.05, 0) is 63.7 Å². The number of hydrogen-bond acceptors (Lipinski definition) is 6. The first-order chi connectivity index (χ1) is 15.6. The van der Waals surface area contributed by atoms with Crippen molar-refractivity contribution in [1.29, 1.82) is 0 Å². The van der Waals surface area contributed by atoms with Crippen molar-refractivity contribution in [3.05, 3.63) is 58.8 Å². The SMILES string of the molecule is Cc1c([C@@H](N)Nc2nnc(C)c3ccc(N4CC[C@@H](N(C)C)C4)cc23)cccc1C(F)(F)F. The molecule has 0 bridgehead atoms. The normalized spacial score (nSPS) is 17.7. The number of likely N-dealkylation sites (N-methyl/N-ethyl adjacent to an activating group) is 1. The third-order valence-corrected chi connectivity index (χ3v) is 6.52. The number of alkyl halides is 3. The molecule has 0 aliphatic carbocycles. The van der Waals surface area contributed by atoms with Crippen LogP contribution in [0.15, 0.2) is 36.4 Å². The number of nitrogens with two attached hydrogens (primary N) is 1. The van der Waals surface area contributed by atoms with Gasteiger partial charge >= 0.3 is 6.18 Å². The van der Waals surface area contributed by atoms with Crippen molar-refractivity contribution < 1.29 is 13.2 Å². The second kappa shape index (κ2) is 8.79. The summed E-state index contributed by atoms with van der Waals surface area (Å²) in [5.41, 5.74) is 7.94. The molecule has 3 aromatic rings. The minimum Gasteiger partial charge on any atom is -0.370 e. The Labute approximate surface area is 191 Å². The maximum atomic E-state index is 13.4. The number of aryl methyl sites for hydroxylation is 1. The maximum Gasteiger partial charge on any atom is 0.416 e. The summed E-state index contributed by atoms with van der Waals surface area (Å²) in [4.78, 5) is 4.57. The van der Waals surface area contributed by atoms with Crippen molar-refractivity contribution in [2.75, 3.05) is 37.4 Å². The molecule has 2 heterocycles. The first kappa shape index (κ1) is 23.3. The number of anilines is 2. The summed E-state index contributed by atoms with van der Waals surface area (Å²) in [6.07, 6.45) is -4.23. The van der Waals surface area contributed by atoms with E-state index in [0.29, 0.717) is 17.4 Å². The molecule has 3 N–H and O–H groups in total. The van der Waals surface area contributed by atoms with E-state index in [2.05, 4.69) is 51.5 Å². The smallest absolute Gasteiger partial charge is 0.370 e. The minimum atomic E-state index is -4.44. The largest absolute Gasteiger partial charge is 0.416 e. The Bertz CT molecular complexity index is 1160. The molecule has 1 aliphatic heterocycles. The average molecular weight is 459 g/mol. The first-order valence-corrected chi connectivity index (χ1v) is 10.9. The number of aromatic nitrogens is 2. The summed E-state index contributed by atoms with van der Waals surface area (Å²) in [5.74, 6) is 0.449. The Morgan fingerprint density at radius 2 is 1.88 bits per heavy atom. The Morgan fingerprint density at radius 1 is 1.12 bits per heavy atom. The van der Waals surface area contributed by atoms with Crippen LogP contribution < -0.4 is 16.0 Å². The summed E-state index contributed by atoms with van der Waals surface area (Å²) >= 11 is 0. The summed E-state index contributed by atoms with van der Waals surface area (Å²) in [6.45, 7) is 5.21. The Kier molecular flexibility index (Phi) is 6.20. The predicted molar refractivity (Wildman–Crippen MR) is 125 cm³/mol. The average Bonchev–Trinajstić information content (AvgIpc) is 3.25. The van der Waals surface area contributed by atoms with Crippen molar-refractivity contribution in [1.82, 2.24) is 15.1 Å². The molecule has 0 amide bonds. The summed E-state index contributed by atoms with van der Waals surface area (Å²) in [6, 6.07) is 10.7. The van der Waals surface area contributed by atoms with Crippen LogP contribution in [-0.4, -0.2) is 48.3 Å². The Balaban J connectivity index is 1.68. The van der Waals surface area contributed by atoms with E-state index in [1.165, 1.54) is 13.0 Å². The van der Waals surface area contributed by atoms with Gasteiger partial charge in [0.05, 0.1) is 11.3 Å². The van der Waals surface area contributed by atoms with E-state index >= 15 is 0 Å². The first-order valence-electron chi connectivity index (χ1n) is 10.9. The lowest BCUT2D eigenvalue weighted by atomic mass is 10.00. The highest BCUT2D eigenvalue weighted by atomic mass is 19.4. The standard InChI is InChI=1S/C24H29F3N6/c1-14-18(6-5-7-21(14)24(25,26)27)22(28)29-23-20-12-16(8-9-19(20)15(2)30-31-23)33-11-10-17(13-33)32(3)4/h5-9,12,17,22H,10-11,13,28H2,1-4H3,(H,29,31)/t17-,22+/m1/s1. The van der Waals surface area contributed by atoms with Gasteiger partial charge in [-0.3, -0.25) is 0 Å². The van der Waals surface area contributed by atoms with E-state index in [-0.39, 0.29) is 5.56 Å². The molecule has 1 fully saturated rings. The van der Waals surface area contributed by atoms with Gasteiger partial charge in [-0.1, -0.05) is 18.2 Å². The van der Waals surface area contributed by atoms with E-state index in [1.54, 1.807) is 6.07 Å². The molecule has 0 radical (unpaired) electrons. The molecule has 1 aliphatic rings. The van der Waals surface area contributed by atoms with Crippen molar-refractivity contribution in [2.45, 2.75) is 38.7 Å². The second-order valence-corrected chi connectivity index (χ2v) is 8.86. The van der Waals surface area contributed by atoms with E-state index in [9.17, 15) is 13.2 Å². The van der Waals surface area contributed by atoms with Crippen LogP contribution in [-0.2, 0) is 6.18 Å². The number of rotatable bonds is 5. The van der Waals surface area contributed by atoms with Crippen molar-refractivity contribution in [3.8, 4) is 0 Å². The monoisotopic (exact) mass is 458 g/mol. The number of hydrogen-bond donors (Lipinski definition) is 2. The van der Waals surface area contributed by atoms with Gasteiger partial charge in [-0.15, -0.1) is 5.10 Å². The van der Waals surface area contributed by atoms with Crippen LogP contribution in [0.1, 0.15) is 35.0 Å². The number of fused-ring (bicyclic) bond motifs is 1. The fourth-order valence-corrected chi connectivity index (χ4v) is 4.50. The number of nitrogens with one attached hydrogen (secondary N) is 1. The lowest BCUT2D eigenvalue weighted by molar-refractivity contribution is -0.138. The van der Waals surface area contributed by atoms with Crippen molar-refractivity contribution in [2.24, 2.45) is 5.73 Å². The van der Waals surface area contributed by atoms with Crippen LogP contribution in [0.4, 0.5) is 24.7 Å². The zero-order valence-corrected chi connectivity index (χ0v) is 19.2. The van der Waals surface area contributed by atoms with Crippen LogP contribution in [0.3, 0.4) is 0 Å². The van der Waals surface area contributed by atoms with E-state index in [4.69, 9.17) is 5.73 Å². The van der Waals surface area contributed by atoms with Gasteiger partial charge in [0.25, 0.3) is 0 Å². The topological polar surface area (TPSA) is 70.3 Å². The van der Waals surface area contributed by atoms with Crippen LogP contribution in [0.25, 0.3) is 10.8 Å². The van der Waals surface area contributed by atoms with Gasteiger partial charge in [0.2, 0.25) is 0 Å². The van der Waals surface area contributed by atoms with Crippen LogP contribution in [0.5, 0.6) is 0 Å². The van der Waals surface area contributed by atoms with E-state index in [0.717, 1.165) is 47.7 Å². The van der Waals surface area contributed by atoms with Crippen LogP contribution >= 0.6 is 0 Å². The number of nitrogens with zero attached hydrogens (tertiary/aromatic N) is 4. The molecule has 6 nitrogen and oxygen atoms in total. The number of halogens is 3. The molecular formula is C24H29F3N6. The zero-order chi connectivity index (χ0) is 23.9. The molecule has 9 heteroatoms. The molecule has 2 atom stereocenters. The highest BCUT2D eigenvalue weighted by Crippen LogP contribution is 2.35. The van der Waals surface area contributed by atoms with Gasteiger partial charge in [0, 0.05) is 35.6 Å². The Morgan fingerprint density at radius 3 is 2.55 bits per heavy atom. The highest BCUT2D eigenvalue weighted by Gasteiger charge is 2.33. The maximum absolute atomic E-state index is 13.4. The Hall–Kier alpha value is -2.91. The minimum absolute atomic E-state index is 0.0989. The molecule has 4 rings (SSSR count). The molecule has 176 valence electrons. The molecule has 2 aromatic carbocycles. The van der Waals surface area contributed by atoms with Crippen LogP contribution in [0, 0.1) is 13.8 Å². The summed E-state index contributed by atoms with van der Waals surface area (Å²) in [5, 5.41) is 13.4. The predicted octanol–water partition coefficient (Wildman–Crippen LogP) is 4.48. The van der Waals surface area contributed by atoms with Gasteiger partial charge in [0.1, 0.15) is 6.17 Å². The molecule has 33 heavy (non-hydrogen) atoms. The molecule has 0 unspecified atom stereocenters. The molecular weight excluding hydrogens is 429 g/mol. The summed E-state index contributed by atoms with van der Waals surface area (Å²) < 4.78 is 40.1. The van der Waals surface area contributed by atoms with Crippen molar-refractivity contribution >= 4 is 22.3 Å². The fourth-order valence-electron chi connectivity index (χ4n) is 4.50. The third-order valence-electron chi connectivity index (χ3n) is 6.52. The quantitative estimate of drug-likeness (QED) is 0.550. The lowest BCUT2D eigenvalue weighted by Gasteiger charge is -2.23. The number of benzene rings is 2. The zero-order valence-electron chi connectivity index (χ0n) is 19.2. The fraction of sp³-hybridized carbons (Fsp3) is 0.417. The molecule has 0 spiro atoms. The van der Waals surface area contributed by atoms with Gasteiger partial charge < -0.3 is 20.9 Å². The van der Waals surface area contributed by atoms with Crippen LogP contribution in [0.2, 0.25) is 0 Å². The molecule has 1 saturated heterocycles. The molecule has 0 saturated carbocycles. The second-order valence-electron chi connectivity index (χ2n) is 8.86. The van der Waals surface area contributed by atoms with E-state index < -0.39 is 17.9 Å². The molecule has 1 aromatic heterocycles. The van der Waals surface area contributed by atoms with Gasteiger partial charge in [-0.25, -0.2) is 0 Å². The lowest BCUT2D eigenvalue weighted by Crippen LogP contribution is -2.31. The third kappa shape index (κ3) is 4.60. The van der Waals surface area contributed by atoms with Gasteiger partial charge in [0.15, 0.2) is 5.82 Å². The van der Waals surface area contributed by atoms with Crippen molar-refractivity contribution in [3.63, 3.8) is 0 Å². The highest BCUT2D eigenvalue weighted by molar-refractivity contribution is 5.95. The summed E-state index contributed by atoms with van der Waals surface area (Å²) in [7, 11) is 4.18. The van der Waals surface area contributed by atoms with E-state index in [1.807, 2.05) is 13.0 Å². The van der Waals surface area contributed by atoms with Gasteiger partial charge in [-0.2, -0.15) is 18.3 Å².